The fourth-order valence-electron chi connectivity index (χ4n) is 2.21. The molecule has 1 N–H and O–H groups in total. The molecule has 0 bridgehead atoms. The number of hydrogen-bond acceptors (Lipinski definition) is 2. The second-order valence-corrected chi connectivity index (χ2v) is 5.99. The van der Waals surface area contributed by atoms with Gasteiger partial charge in [-0.15, -0.1) is 0 Å². The van der Waals surface area contributed by atoms with Crippen LogP contribution in [0.5, 0.6) is 0 Å². The Kier molecular flexibility index (Phi) is 6.76. The number of carbonyl (C=O) groups is 1. The molecular weight excluding hydrogens is 329 g/mol. The van der Waals surface area contributed by atoms with E-state index in [0.29, 0.717) is 22.9 Å². The van der Waals surface area contributed by atoms with Crippen molar-refractivity contribution in [3.63, 3.8) is 0 Å². The van der Waals surface area contributed by atoms with Gasteiger partial charge in [0.25, 0.3) is 5.91 Å². The summed E-state index contributed by atoms with van der Waals surface area (Å²) in [5, 5.41) is 3.41. The third-order valence-corrected chi connectivity index (χ3v) is 3.88. The number of carbonyl (C=O) groups excluding carboxylic acids is 1. The van der Waals surface area contributed by atoms with E-state index in [-0.39, 0.29) is 11.7 Å². The van der Waals surface area contributed by atoms with Crippen molar-refractivity contribution < 1.29 is 13.9 Å². The monoisotopic (exact) mass is 349 g/mol. The van der Waals surface area contributed by atoms with Crippen LogP contribution in [0.3, 0.4) is 0 Å². The summed E-state index contributed by atoms with van der Waals surface area (Å²) in [5.41, 5.74) is 1.91. The molecule has 0 fully saturated rings. The summed E-state index contributed by atoms with van der Waals surface area (Å²) >= 11 is 5.90. The van der Waals surface area contributed by atoms with Gasteiger partial charge in [-0.1, -0.05) is 37.1 Å². The fraction of sp³-hybridized carbons (Fsp3) is 0.316. The SMILES string of the molecule is CCCCOC(C)C(=O)Nc1ccc(F)cc1-c1ccc(Cl)cc1. The van der Waals surface area contributed by atoms with Crippen LogP contribution in [0.4, 0.5) is 10.1 Å². The van der Waals surface area contributed by atoms with E-state index in [0.717, 1.165) is 18.4 Å². The molecule has 5 heteroatoms. The van der Waals surface area contributed by atoms with Crippen LogP contribution in [0.25, 0.3) is 11.1 Å². The molecule has 0 spiro atoms. The van der Waals surface area contributed by atoms with Crippen molar-refractivity contribution in [2.45, 2.75) is 32.8 Å². The van der Waals surface area contributed by atoms with Gasteiger partial charge in [0.1, 0.15) is 11.9 Å². The van der Waals surface area contributed by atoms with E-state index in [1.54, 1.807) is 37.3 Å². The molecule has 1 atom stereocenters. The summed E-state index contributed by atoms with van der Waals surface area (Å²) < 4.78 is 19.1. The Hall–Kier alpha value is -1.91. The van der Waals surface area contributed by atoms with Gasteiger partial charge < -0.3 is 10.1 Å². The minimum absolute atomic E-state index is 0.257. The van der Waals surface area contributed by atoms with E-state index in [2.05, 4.69) is 12.2 Å². The van der Waals surface area contributed by atoms with Crippen molar-refractivity contribution in [1.29, 1.82) is 0 Å². The summed E-state index contributed by atoms with van der Waals surface area (Å²) in [6, 6.07) is 11.3. The van der Waals surface area contributed by atoms with Crippen molar-refractivity contribution in [3.05, 3.63) is 53.3 Å². The van der Waals surface area contributed by atoms with Gasteiger partial charge in [-0.05, 0) is 49.2 Å². The minimum atomic E-state index is -0.570. The molecule has 0 saturated heterocycles. The number of halogens is 2. The number of amides is 1. The molecule has 24 heavy (non-hydrogen) atoms. The van der Waals surface area contributed by atoms with E-state index < -0.39 is 6.10 Å². The molecule has 0 aliphatic rings. The Bertz CT molecular complexity index is 688. The van der Waals surface area contributed by atoms with Gasteiger partial charge in [0, 0.05) is 22.9 Å². The number of benzene rings is 2. The Labute approximate surface area is 146 Å². The zero-order valence-electron chi connectivity index (χ0n) is 13.8. The maximum atomic E-state index is 13.7. The third kappa shape index (κ3) is 5.05. The quantitative estimate of drug-likeness (QED) is 0.690. The average molecular weight is 350 g/mol. The van der Waals surface area contributed by atoms with Crippen LogP contribution in [-0.4, -0.2) is 18.6 Å². The third-order valence-electron chi connectivity index (χ3n) is 3.63. The lowest BCUT2D eigenvalue weighted by Gasteiger charge is -2.16. The standard InChI is InChI=1S/C19H21ClFNO2/c1-3-4-11-24-13(2)19(23)22-18-10-9-16(21)12-17(18)14-5-7-15(20)8-6-14/h5-10,12-13H,3-4,11H2,1-2H3,(H,22,23). The van der Waals surface area contributed by atoms with Crippen LogP contribution in [0.1, 0.15) is 26.7 Å². The van der Waals surface area contributed by atoms with Crippen LogP contribution in [-0.2, 0) is 9.53 Å². The zero-order valence-corrected chi connectivity index (χ0v) is 14.6. The van der Waals surface area contributed by atoms with E-state index in [1.165, 1.54) is 12.1 Å². The van der Waals surface area contributed by atoms with Crippen LogP contribution < -0.4 is 5.32 Å². The molecule has 2 rings (SSSR count). The molecule has 2 aromatic rings. The number of nitrogens with one attached hydrogen (secondary N) is 1. The summed E-state index contributed by atoms with van der Waals surface area (Å²) in [6.45, 7) is 4.31. The Balaban J connectivity index is 2.18. The maximum Gasteiger partial charge on any atom is 0.253 e. The molecule has 0 aliphatic carbocycles. The maximum absolute atomic E-state index is 13.7. The largest absolute Gasteiger partial charge is 0.369 e. The van der Waals surface area contributed by atoms with Crippen LogP contribution in [0.2, 0.25) is 5.02 Å². The molecular formula is C19H21ClFNO2. The highest BCUT2D eigenvalue weighted by Crippen LogP contribution is 2.30. The van der Waals surface area contributed by atoms with Crippen molar-refractivity contribution in [1.82, 2.24) is 0 Å². The van der Waals surface area contributed by atoms with Crippen molar-refractivity contribution in [2.24, 2.45) is 0 Å². The minimum Gasteiger partial charge on any atom is -0.369 e. The lowest BCUT2D eigenvalue weighted by molar-refractivity contribution is -0.126. The van der Waals surface area contributed by atoms with E-state index in [9.17, 15) is 9.18 Å². The van der Waals surface area contributed by atoms with Gasteiger partial charge in [-0.25, -0.2) is 4.39 Å². The molecule has 0 saturated carbocycles. The molecule has 0 aliphatic heterocycles. The number of hydrogen-bond donors (Lipinski definition) is 1. The highest BCUT2D eigenvalue weighted by atomic mass is 35.5. The summed E-state index contributed by atoms with van der Waals surface area (Å²) in [5.74, 6) is -0.627. The second-order valence-electron chi connectivity index (χ2n) is 5.55. The highest BCUT2D eigenvalue weighted by molar-refractivity contribution is 6.30. The normalized spacial score (nSPS) is 12.0. The number of rotatable bonds is 7. The van der Waals surface area contributed by atoms with Crippen molar-refractivity contribution in [3.8, 4) is 11.1 Å². The topological polar surface area (TPSA) is 38.3 Å². The Morgan fingerprint density at radius 1 is 1.25 bits per heavy atom. The van der Waals surface area contributed by atoms with Gasteiger partial charge in [-0.3, -0.25) is 4.79 Å². The Morgan fingerprint density at radius 3 is 2.62 bits per heavy atom. The van der Waals surface area contributed by atoms with Gasteiger partial charge in [-0.2, -0.15) is 0 Å². The van der Waals surface area contributed by atoms with Gasteiger partial charge in [0.2, 0.25) is 0 Å². The predicted molar refractivity (Wildman–Crippen MR) is 95.8 cm³/mol. The van der Waals surface area contributed by atoms with Crippen molar-refractivity contribution >= 4 is 23.2 Å². The molecule has 128 valence electrons. The number of unbranched alkanes of at least 4 members (excludes halogenated alkanes) is 1. The van der Waals surface area contributed by atoms with Gasteiger partial charge in [0.05, 0.1) is 0 Å². The lowest BCUT2D eigenvalue weighted by Crippen LogP contribution is -2.28. The van der Waals surface area contributed by atoms with Crippen LogP contribution in [0.15, 0.2) is 42.5 Å². The lowest BCUT2D eigenvalue weighted by atomic mass is 10.0. The smallest absolute Gasteiger partial charge is 0.253 e. The first-order chi connectivity index (χ1) is 11.5. The molecule has 0 radical (unpaired) electrons. The first-order valence-corrected chi connectivity index (χ1v) is 8.37. The zero-order chi connectivity index (χ0) is 17.5. The Morgan fingerprint density at radius 2 is 1.96 bits per heavy atom. The first kappa shape index (κ1) is 18.4. The molecule has 0 aromatic heterocycles. The fourth-order valence-corrected chi connectivity index (χ4v) is 2.33. The second kappa shape index (κ2) is 8.81. The summed E-state index contributed by atoms with van der Waals surface area (Å²) in [7, 11) is 0. The number of anilines is 1. The van der Waals surface area contributed by atoms with E-state index in [1.807, 2.05) is 0 Å². The van der Waals surface area contributed by atoms with Crippen LogP contribution in [0, 0.1) is 5.82 Å². The van der Waals surface area contributed by atoms with Crippen molar-refractivity contribution in [2.75, 3.05) is 11.9 Å². The van der Waals surface area contributed by atoms with Gasteiger partial charge >= 0.3 is 0 Å². The molecule has 2 aromatic carbocycles. The summed E-state index contributed by atoms with van der Waals surface area (Å²) in [6.07, 6.45) is 1.34. The molecule has 1 amide bonds. The van der Waals surface area contributed by atoms with Gasteiger partial charge in [0.15, 0.2) is 0 Å². The molecule has 0 heterocycles. The highest BCUT2D eigenvalue weighted by Gasteiger charge is 2.16. The predicted octanol–water partition coefficient (Wildman–Crippen LogP) is 5.29. The van der Waals surface area contributed by atoms with E-state index in [4.69, 9.17) is 16.3 Å². The number of ether oxygens (including phenoxy) is 1. The summed E-state index contributed by atoms with van der Waals surface area (Å²) in [4.78, 5) is 12.3. The van der Waals surface area contributed by atoms with E-state index >= 15 is 0 Å². The molecule has 3 nitrogen and oxygen atoms in total. The first-order valence-electron chi connectivity index (χ1n) is 7.99. The average Bonchev–Trinajstić information content (AvgIpc) is 2.57. The van der Waals surface area contributed by atoms with Crippen LogP contribution >= 0.6 is 11.6 Å². The molecule has 1 unspecified atom stereocenters.